The van der Waals surface area contributed by atoms with Crippen molar-refractivity contribution >= 4 is 5.69 Å². The standard InChI is InChI=1S/C17H20N2/c1-2-18-11-14-7-9-17(10-8-14)19-12-15-5-3-4-6-16(15)13-19/h3-10,18H,2,11-13H2,1H3. The quantitative estimate of drug-likeness (QED) is 0.898. The number of rotatable bonds is 4. The molecule has 2 nitrogen and oxygen atoms in total. The van der Waals surface area contributed by atoms with Gasteiger partial charge in [-0.2, -0.15) is 0 Å². The molecule has 2 aromatic carbocycles. The van der Waals surface area contributed by atoms with Gasteiger partial charge in [-0.25, -0.2) is 0 Å². The zero-order valence-electron chi connectivity index (χ0n) is 11.4. The van der Waals surface area contributed by atoms with Gasteiger partial charge in [0.25, 0.3) is 0 Å². The van der Waals surface area contributed by atoms with Crippen LogP contribution in [0.4, 0.5) is 5.69 Å². The summed E-state index contributed by atoms with van der Waals surface area (Å²) in [4.78, 5) is 2.43. The molecule has 0 saturated carbocycles. The van der Waals surface area contributed by atoms with E-state index in [1.165, 1.54) is 22.4 Å². The van der Waals surface area contributed by atoms with Crippen LogP contribution in [-0.4, -0.2) is 6.54 Å². The van der Waals surface area contributed by atoms with E-state index < -0.39 is 0 Å². The maximum absolute atomic E-state index is 3.35. The number of benzene rings is 2. The molecular weight excluding hydrogens is 232 g/mol. The Morgan fingerprint density at radius 3 is 2.16 bits per heavy atom. The van der Waals surface area contributed by atoms with E-state index >= 15 is 0 Å². The Labute approximate surface area is 115 Å². The normalized spacial score (nSPS) is 13.6. The molecule has 2 aromatic rings. The van der Waals surface area contributed by atoms with Crippen molar-refractivity contribution in [3.63, 3.8) is 0 Å². The van der Waals surface area contributed by atoms with Gasteiger partial charge in [-0.15, -0.1) is 0 Å². The monoisotopic (exact) mass is 252 g/mol. The van der Waals surface area contributed by atoms with Crippen molar-refractivity contribution in [1.29, 1.82) is 0 Å². The minimum Gasteiger partial charge on any atom is -0.363 e. The second-order valence-electron chi connectivity index (χ2n) is 5.07. The molecule has 1 heterocycles. The third kappa shape index (κ3) is 2.64. The summed E-state index contributed by atoms with van der Waals surface area (Å²) in [6.07, 6.45) is 0. The van der Waals surface area contributed by atoms with Crippen LogP contribution in [0, 0.1) is 0 Å². The molecule has 0 aromatic heterocycles. The summed E-state index contributed by atoms with van der Waals surface area (Å²) in [5.41, 5.74) is 5.58. The van der Waals surface area contributed by atoms with Gasteiger partial charge in [0.15, 0.2) is 0 Å². The summed E-state index contributed by atoms with van der Waals surface area (Å²) in [5.74, 6) is 0. The van der Waals surface area contributed by atoms with Gasteiger partial charge in [-0.3, -0.25) is 0 Å². The lowest BCUT2D eigenvalue weighted by Gasteiger charge is -2.18. The van der Waals surface area contributed by atoms with Crippen molar-refractivity contribution in [1.82, 2.24) is 5.32 Å². The van der Waals surface area contributed by atoms with Gasteiger partial charge in [-0.1, -0.05) is 43.3 Å². The summed E-state index contributed by atoms with van der Waals surface area (Å²) >= 11 is 0. The molecule has 0 unspecified atom stereocenters. The molecule has 0 bridgehead atoms. The predicted molar refractivity (Wildman–Crippen MR) is 80.2 cm³/mol. The maximum Gasteiger partial charge on any atom is 0.0436 e. The fraction of sp³-hybridized carbons (Fsp3) is 0.294. The molecule has 1 N–H and O–H groups in total. The average Bonchev–Trinajstić information content (AvgIpc) is 2.89. The lowest BCUT2D eigenvalue weighted by Crippen LogP contribution is -2.15. The molecule has 1 aliphatic rings. The minimum absolute atomic E-state index is 0.955. The van der Waals surface area contributed by atoms with Crippen molar-refractivity contribution in [2.24, 2.45) is 0 Å². The minimum atomic E-state index is 0.955. The van der Waals surface area contributed by atoms with Crippen LogP contribution in [0.1, 0.15) is 23.6 Å². The largest absolute Gasteiger partial charge is 0.363 e. The molecule has 3 rings (SSSR count). The Balaban J connectivity index is 1.71. The van der Waals surface area contributed by atoms with Crippen molar-refractivity contribution in [3.05, 3.63) is 65.2 Å². The average molecular weight is 252 g/mol. The van der Waals surface area contributed by atoms with Crippen LogP contribution < -0.4 is 10.2 Å². The highest BCUT2D eigenvalue weighted by molar-refractivity contribution is 5.52. The van der Waals surface area contributed by atoms with Crippen LogP contribution in [0.5, 0.6) is 0 Å². The van der Waals surface area contributed by atoms with E-state index in [0.29, 0.717) is 0 Å². The summed E-state index contributed by atoms with van der Waals surface area (Å²) in [6.45, 7) is 6.17. The number of hydrogen-bond donors (Lipinski definition) is 1. The van der Waals surface area contributed by atoms with E-state index in [9.17, 15) is 0 Å². The highest BCUT2D eigenvalue weighted by atomic mass is 15.1. The Kier molecular flexibility index (Phi) is 3.51. The second-order valence-corrected chi connectivity index (χ2v) is 5.07. The molecule has 19 heavy (non-hydrogen) atoms. The second kappa shape index (κ2) is 5.45. The van der Waals surface area contributed by atoms with E-state index in [1.54, 1.807) is 0 Å². The third-order valence-corrected chi connectivity index (χ3v) is 3.72. The first kappa shape index (κ1) is 12.2. The fourth-order valence-electron chi connectivity index (χ4n) is 2.61. The van der Waals surface area contributed by atoms with Crippen LogP contribution >= 0.6 is 0 Å². The highest BCUT2D eigenvalue weighted by Crippen LogP contribution is 2.28. The highest BCUT2D eigenvalue weighted by Gasteiger charge is 2.18. The van der Waals surface area contributed by atoms with Crippen LogP contribution in [-0.2, 0) is 19.6 Å². The summed E-state index contributed by atoms with van der Waals surface area (Å²) < 4.78 is 0. The van der Waals surface area contributed by atoms with Gasteiger partial charge >= 0.3 is 0 Å². The smallest absolute Gasteiger partial charge is 0.0436 e. The number of nitrogens with one attached hydrogen (secondary N) is 1. The molecule has 0 amide bonds. The Bertz CT molecular complexity index is 520. The number of anilines is 1. The summed E-state index contributed by atoms with van der Waals surface area (Å²) in [6, 6.07) is 17.6. The molecular formula is C17H20N2. The Morgan fingerprint density at radius 1 is 0.947 bits per heavy atom. The van der Waals surface area contributed by atoms with Crippen molar-refractivity contribution in [2.75, 3.05) is 11.4 Å². The van der Waals surface area contributed by atoms with Crippen LogP contribution in [0.2, 0.25) is 0 Å². The molecule has 0 saturated heterocycles. The van der Waals surface area contributed by atoms with Crippen LogP contribution in [0.15, 0.2) is 48.5 Å². The zero-order valence-corrected chi connectivity index (χ0v) is 11.4. The lowest BCUT2D eigenvalue weighted by atomic mass is 10.1. The summed E-state index contributed by atoms with van der Waals surface area (Å²) in [7, 11) is 0. The lowest BCUT2D eigenvalue weighted by molar-refractivity contribution is 0.726. The van der Waals surface area contributed by atoms with Gasteiger partial charge in [0.2, 0.25) is 0 Å². The first-order valence-electron chi connectivity index (χ1n) is 6.98. The SMILES string of the molecule is CCNCc1ccc(N2Cc3ccccc3C2)cc1. The van der Waals surface area contributed by atoms with Gasteiger partial charge in [0.1, 0.15) is 0 Å². The first-order valence-corrected chi connectivity index (χ1v) is 6.98. The van der Waals surface area contributed by atoms with Gasteiger partial charge in [0, 0.05) is 25.3 Å². The molecule has 0 aliphatic carbocycles. The van der Waals surface area contributed by atoms with E-state index in [1.807, 2.05) is 0 Å². The number of hydrogen-bond acceptors (Lipinski definition) is 2. The molecule has 0 radical (unpaired) electrons. The summed E-state index contributed by atoms with van der Waals surface area (Å²) in [5, 5.41) is 3.35. The number of nitrogens with zero attached hydrogens (tertiary/aromatic N) is 1. The zero-order chi connectivity index (χ0) is 13.1. The molecule has 0 fully saturated rings. The van der Waals surface area contributed by atoms with Crippen LogP contribution in [0.3, 0.4) is 0 Å². The van der Waals surface area contributed by atoms with E-state index in [0.717, 1.165) is 26.2 Å². The molecule has 2 heteroatoms. The fourth-order valence-corrected chi connectivity index (χ4v) is 2.61. The van der Waals surface area contributed by atoms with E-state index in [4.69, 9.17) is 0 Å². The topological polar surface area (TPSA) is 15.3 Å². The Hall–Kier alpha value is -1.80. The van der Waals surface area contributed by atoms with Crippen LogP contribution in [0.25, 0.3) is 0 Å². The molecule has 1 aliphatic heterocycles. The molecule has 0 spiro atoms. The molecule has 98 valence electrons. The number of fused-ring (bicyclic) bond motifs is 1. The van der Waals surface area contributed by atoms with Gasteiger partial charge in [0.05, 0.1) is 0 Å². The van der Waals surface area contributed by atoms with Crippen molar-refractivity contribution in [3.8, 4) is 0 Å². The Morgan fingerprint density at radius 2 is 1.58 bits per heavy atom. The van der Waals surface area contributed by atoms with E-state index in [-0.39, 0.29) is 0 Å². The third-order valence-electron chi connectivity index (χ3n) is 3.72. The van der Waals surface area contributed by atoms with Gasteiger partial charge in [-0.05, 0) is 35.4 Å². The van der Waals surface area contributed by atoms with Crippen molar-refractivity contribution in [2.45, 2.75) is 26.6 Å². The predicted octanol–water partition coefficient (Wildman–Crippen LogP) is 3.32. The first-order chi connectivity index (χ1) is 9.36. The van der Waals surface area contributed by atoms with Crippen molar-refractivity contribution < 1.29 is 0 Å². The maximum atomic E-state index is 3.35. The molecule has 0 atom stereocenters. The van der Waals surface area contributed by atoms with E-state index in [2.05, 4.69) is 65.7 Å². The van der Waals surface area contributed by atoms with Gasteiger partial charge < -0.3 is 10.2 Å².